The topological polar surface area (TPSA) is 54.0 Å². The third-order valence-corrected chi connectivity index (χ3v) is 6.00. The van der Waals surface area contributed by atoms with Gasteiger partial charge in [-0.25, -0.2) is 4.98 Å². The van der Waals surface area contributed by atoms with Crippen molar-refractivity contribution in [3.05, 3.63) is 34.7 Å². The van der Waals surface area contributed by atoms with Crippen molar-refractivity contribution in [2.75, 3.05) is 5.32 Å². The van der Waals surface area contributed by atoms with Crippen LogP contribution in [-0.4, -0.2) is 23.0 Å². The number of thiazole rings is 1. The van der Waals surface area contributed by atoms with Crippen molar-refractivity contribution in [1.29, 1.82) is 0 Å². The van der Waals surface area contributed by atoms with Crippen LogP contribution in [0.2, 0.25) is 0 Å². The van der Waals surface area contributed by atoms with Gasteiger partial charge < -0.3 is 10.6 Å². The lowest BCUT2D eigenvalue weighted by Gasteiger charge is -2.24. The minimum atomic E-state index is -0.0525. The molecule has 1 aromatic heterocycles. The van der Waals surface area contributed by atoms with Gasteiger partial charge in [0.15, 0.2) is 0 Å². The number of nitrogens with zero attached hydrogens (tertiary/aromatic N) is 1. The van der Waals surface area contributed by atoms with Crippen LogP contribution in [0.1, 0.15) is 37.1 Å². The maximum Gasteiger partial charge on any atom is 0.241 e. The van der Waals surface area contributed by atoms with Gasteiger partial charge in [-0.15, -0.1) is 23.7 Å². The van der Waals surface area contributed by atoms with Gasteiger partial charge in [0.25, 0.3) is 0 Å². The number of hydrogen-bond acceptors (Lipinski definition) is 4. The maximum atomic E-state index is 12.6. The normalized spacial score (nSPS) is 25.1. The minimum Gasteiger partial charge on any atom is -0.325 e. The first-order chi connectivity index (χ1) is 11.7. The van der Waals surface area contributed by atoms with Crippen molar-refractivity contribution in [1.82, 2.24) is 10.3 Å². The predicted molar refractivity (Wildman–Crippen MR) is 105 cm³/mol. The predicted octanol–water partition coefficient (Wildman–Crippen LogP) is 4.40. The summed E-state index contributed by atoms with van der Waals surface area (Å²) in [5, 5.41) is 9.73. The van der Waals surface area contributed by atoms with Crippen LogP contribution in [0, 0.1) is 12.8 Å². The summed E-state index contributed by atoms with van der Waals surface area (Å²) < 4.78 is 0. The van der Waals surface area contributed by atoms with E-state index < -0.39 is 0 Å². The number of aryl methyl sites for hydroxylation is 1. The smallest absolute Gasteiger partial charge is 0.241 e. The molecule has 4 nitrogen and oxygen atoms in total. The van der Waals surface area contributed by atoms with Gasteiger partial charge in [0, 0.05) is 22.7 Å². The lowest BCUT2D eigenvalue weighted by atomic mass is 9.85. The zero-order valence-corrected chi connectivity index (χ0v) is 16.0. The van der Waals surface area contributed by atoms with E-state index in [1.54, 1.807) is 11.3 Å². The number of nitrogens with one attached hydrogen (secondary N) is 2. The van der Waals surface area contributed by atoms with E-state index in [-0.39, 0.29) is 24.4 Å². The van der Waals surface area contributed by atoms with Gasteiger partial charge >= 0.3 is 0 Å². The molecule has 2 fully saturated rings. The molecule has 3 unspecified atom stereocenters. The Balaban J connectivity index is 0.00000182. The minimum absolute atomic E-state index is 0. The number of carbonyl (C=O) groups excluding carboxylic acids is 1. The Morgan fingerprint density at radius 2 is 2.16 bits per heavy atom. The van der Waals surface area contributed by atoms with E-state index in [0.29, 0.717) is 12.0 Å². The summed E-state index contributed by atoms with van der Waals surface area (Å²) in [5.74, 6) is 0.773. The van der Waals surface area contributed by atoms with Crippen LogP contribution >= 0.6 is 23.7 Å². The lowest BCUT2D eigenvalue weighted by molar-refractivity contribution is -0.117. The number of benzene rings is 1. The third kappa shape index (κ3) is 4.05. The van der Waals surface area contributed by atoms with Crippen LogP contribution in [0.5, 0.6) is 0 Å². The molecule has 6 heteroatoms. The van der Waals surface area contributed by atoms with E-state index >= 15 is 0 Å². The van der Waals surface area contributed by atoms with Gasteiger partial charge in [-0.3, -0.25) is 4.79 Å². The van der Waals surface area contributed by atoms with Crippen LogP contribution in [0.15, 0.2) is 29.6 Å². The van der Waals surface area contributed by atoms with Crippen LogP contribution in [0.4, 0.5) is 5.69 Å². The summed E-state index contributed by atoms with van der Waals surface area (Å²) in [4.78, 5) is 17.1. The van der Waals surface area contributed by atoms with Gasteiger partial charge in [-0.2, -0.15) is 0 Å². The van der Waals surface area contributed by atoms with Gasteiger partial charge in [-0.1, -0.05) is 25.0 Å². The molecule has 2 aliphatic rings. The highest BCUT2D eigenvalue weighted by Gasteiger charge is 2.38. The first-order valence-electron chi connectivity index (χ1n) is 8.78. The molecule has 2 aromatic rings. The Bertz CT molecular complexity index is 734. The van der Waals surface area contributed by atoms with E-state index in [1.165, 1.54) is 25.7 Å². The van der Waals surface area contributed by atoms with E-state index in [9.17, 15) is 4.79 Å². The molecule has 2 N–H and O–H groups in total. The Kier molecular flexibility index (Phi) is 5.77. The lowest BCUT2D eigenvalue weighted by Crippen LogP contribution is -2.39. The van der Waals surface area contributed by atoms with E-state index in [0.717, 1.165) is 28.4 Å². The fraction of sp³-hybridized carbons (Fsp3) is 0.474. The molecule has 4 rings (SSSR count). The molecular formula is C19H24ClN3OS. The molecule has 0 spiro atoms. The van der Waals surface area contributed by atoms with Gasteiger partial charge in [0.2, 0.25) is 5.91 Å². The molecular weight excluding hydrogens is 354 g/mol. The van der Waals surface area contributed by atoms with Crippen LogP contribution in [0.25, 0.3) is 11.3 Å². The zero-order chi connectivity index (χ0) is 16.5. The molecule has 1 saturated heterocycles. The van der Waals surface area contributed by atoms with Crippen molar-refractivity contribution in [2.24, 2.45) is 5.92 Å². The monoisotopic (exact) mass is 377 g/mol. The molecule has 1 aromatic carbocycles. The molecule has 2 heterocycles. The molecule has 1 aliphatic carbocycles. The molecule has 1 amide bonds. The van der Waals surface area contributed by atoms with Crippen LogP contribution in [-0.2, 0) is 4.79 Å². The van der Waals surface area contributed by atoms with E-state index in [4.69, 9.17) is 0 Å². The largest absolute Gasteiger partial charge is 0.325 e. The fourth-order valence-electron chi connectivity index (χ4n) is 4.00. The van der Waals surface area contributed by atoms with Crippen molar-refractivity contribution >= 4 is 35.3 Å². The molecule has 1 saturated carbocycles. The second kappa shape index (κ2) is 7.85. The van der Waals surface area contributed by atoms with Gasteiger partial charge in [0.05, 0.1) is 16.7 Å². The summed E-state index contributed by atoms with van der Waals surface area (Å²) in [5.41, 5.74) is 2.86. The SMILES string of the molecule is Cc1nc(-c2cccc(NC(=O)C3CC4CCCCC4N3)c2)cs1.Cl. The number of aromatic nitrogens is 1. The van der Waals surface area contributed by atoms with E-state index in [2.05, 4.69) is 21.0 Å². The summed E-state index contributed by atoms with van der Waals surface area (Å²) in [6, 6.07) is 8.45. The molecule has 1 aliphatic heterocycles. The standard InChI is InChI=1S/C19H23N3OS.ClH/c1-12-20-18(11-24-12)13-6-4-7-15(9-13)21-19(23)17-10-14-5-2-3-8-16(14)22-17;/h4,6-7,9,11,14,16-17,22H,2-3,5,8,10H2,1H3,(H,21,23);1H. The summed E-state index contributed by atoms with van der Waals surface area (Å²) >= 11 is 1.64. The van der Waals surface area contributed by atoms with Crippen molar-refractivity contribution in [3.63, 3.8) is 0 Å². The first-order valence-corrected chi connectivity index (χ1v) is 9.66. The van der Waals surface area contributed by atoms with Crippen molar-refractivity contribution in [3.8, 4) is 11.3 Å². The van der Waals surface area contributed by atoms with E-state index in [1.807, 2.05) is 31.2 Å². The third-order valence-electron chi connectivity index (χ3n) is 5.22. The Morgan fingerprint density at radius 1 is 1.32 bits per heavy atom. The second-order valence-electron chi connectivity index (χ2n) is 6.93. The average Bonchev–Trinajstić information content (AvgIpc) is 3.21. The summed E-state index contributed by atoms with van der Waals surface area (Å²) in [6.45, 7) is 2.00. The average molecular weight is 378 g/mol. The maximum absolute atomic E-state index is 12.6. The quantitative estimate of drug-likeness (QED) is 0.833. The highest BCUT2D eigenvalue weighted by molar-refractivity contribution is 7.09. The molecule has 3 atom stereocenters. The highest BCUT2D eigenvalue weighted by atomic mass is 35.5. The second-order valence-corrected chi connectivity index (χ2v) is 7.99. The molecule has 0 bridgehead atoms. The Morgan fingerprint density at radius 3 is 2.92 bits per heavy atom. The summed E-state index contributed by atoms with van der Waals surface area (Å²) in [7, 11) is 0. The molecule has 0 radical (unpaired) electrons. The first kappa shape index (κ1) is 18.4. The zero-order valence-electron chi connectivity index (χ0n) is 14.3. The van der Waals surface area contributed by atoms with Gasteiger partial charge in [0.1, 0.15) is 0 Å². The Labute approximate surface area is 158 Å². The van der Waals surface area contributed by atoms with Crippen LogP contribution in [0.3, 0.4) is 0 Å². The number of rotatable bonds is 3. The number of carbonyl (C=O) groups is 1. The molecule has 25 heavy (non-hydrogen) atoms. The Hall–Kier alpha value is -1.43. The van der Waals surface area contributed by atoms with Crippen molar-refractivity contribution in [2.45, 2.75) is 51.1 Å². The number of anilines is 1. The number of fused-ring (bicyclic) bond motifs is 1. The number of amides is 1. The van der Waals surface area contributed by atoms with Gasteiger partial charge in [-0.05, 0) is 44.2 Å². The summed E-state index contributed by atoms with van der Waals surface area (Å²) in [6.07, 6.45) is 6.05. The van der Waals surface area contributed by atoms with Crippen molar-refractivity contribution < 1.29 is 4.79 Å². The number of hydrogen-bond donors (Lipinski definition) is 2. The number of halogens is 1. The molecule has 134 valence electrons. The van der Waals surface area contributed by atoms with Crippen LogP contribution < -0.4 is 10.6 Å². The highest BCUT2D eigenvalue weighted by Crippen LogP contribution is 2.33. The fourth-order valence-corrected chi connectivity index (χ4v) is 4.62.